The molecule has 1 heterocycles. The number of sulfonamides is 1. The van der Waals surface area contributed by atoms with E-state index in [1.54, 1.807) is 24.3 Å². The van der Waals surface area contributed by atoms with Gasteiger partial charge in [-0.3, -0.25) is 9.10 Å². The van der Waals surface area contributed by atoms with Gasteiger partial charge in [0.2, 0.25) is 0 Å². The summed E-state index contributed by atoms with van der Waals surface area (Å²) in [6.07, 6.45) is 1.51. The summed E-state index contributed by atoms with van der Waals surface area (Å²) in [7, 11) is -4.14. The number of aryl methyl sites for hydroxylation is 1. The van der Waals surface area contributed by atoms with Crippen molar-refractivity contribution in [1.82, 2.24) is 5.32 Å². The van der Waals surface area contributed by atoms with Crippen LogP contribution in [0.1, 0.15) is 16.7 Å². The van der Waals surface area contributed by atoms with E-state index in [9.17, 15) is 13.2 Å². The number of carbonyl (C=O) groups excluding carboxylic acids is 1. The van der Waals surface area contributed by atoms with Gasteiger partial charge in [0.15, 0.2) is 4.91 Å². The molecule has 0 saturated heterocycles. The minimum absolute atomic E-state index is 0.0502. The van der Waals surface area contributed by atoms with Gasteiger partial charge in [0.25, 0.3) is 15.9 Å². The lowest BCUT2D eigenvalue weighted by Gasteiger charge is -2.32. The molecule has 0 fully saturated rings. The monoisotopic (exact) mass is 474 g/mol. The van der Waals surface area contributed by atoms with Gasteiger partial charge in [-0.2, -0.15) is 0 Å². The fourth-order valence-electron chi connectivity index (χ4n) is 3.95. The second kappa shape index (κ2) is 9.97. The standard InChI is InChI=1S/C27H26N2O4S/c1-3-18-29-23-15-9-8-14-22(23)25(21-12-5-4-6-13-21)26(34(29,31)32)27(30)28-17-19-33-24-16-10-7-11-20(24)2/h3-16H,1,17-19H2,2H3,(H,28,30). The van der Waals surface area contributed by atoms with Crippen molar-refractivity contribution in [3.8, 4) is 5.75 Å². The van der Waals surface area contributed by atoms with Crippen molar-refractivity contribution in [3.63, 3.8) is 0 Å². The first-order valence-electron chi connectivity index (χ1n) is 10.9. The molecule has 7 heteroatoms. The van der Waals surface area contributed by atoms with Crippen LogP contribution in [-0.4, -0.2) is 34.0 Å². The normalized spacial score (nSPS) is 14.3. The van der Waals surface area contributed by atoms with E-state index in [2.05, 4.69) is 11.9 Å². The SMILES string of the molecule is C=CCN1c2ccccc2C(c2ccccc2)=C(C(=O)NCCOc2ccccc2C)S1(=O)=O. The molecule has 1 aliphatic heterocycles. The molecule has 3 aromatic carbocycles. The van der Waals surface area contributed by atoms with E-state index in [1.807, 2.05) is 61.5 Å². The number of nitrogens with zero attached hydrogens (tertiary/aromatic N) is 1. The number of para-hydroxylation sites is 2. The fourth-order valence-corrected chi connectivity index (χ4v) is 5.69. The summed E-state index contributed by atoms with van der Waals surface area (Å²) < 4.78 is 34.4. The molecule has 1 amide bonds. The Morgan fingerprint density at radius 1 is 1.00 bits per heavy atom. The molecule has 174 valence electrons. The zero-order chi connectivity index (χ0) is 24.1. The minimum Gasteiger partial charge on any atom is -0.491 e. The molecule has 0 atom stereocenters. The lowest BCUT2D eigenvalue weighted by atomic mass is 9.95. The lowest BCUT2D eigenvalue weighted by Crippen LogP contribution is -2.42. The van der Waals surface area contributed by atoms with E-state index in [1.165, 1.54) is 10.4 Å². The predicted octanol–water partition coefficient (Wildman–Crippen LogP) is 4.29. The molecule has 0 saturated carbocycles. The summed E-state index contributed by atoms with van der Waals surface area (Å²) in [6.45, 7) is 6.04. The molecule has 34 heavy (non-hydrogen) atoms. The summed E-state index contributed by atoms with van der Waals surface area (Å²) in [5.41, 5.74) is 3.20. The molecular formula is C27H26N2O4S. The van der Waals surface area contributed by atoms with E-state index in [0.29, 0.717) is 22.4 Å². The topological polar surface area (TPSA) is 75.7 Å². The molecule has 1 aliphatic rings. The van der Waals surface area contributed by atoms with Gasteiger partial charge < -0.3 is 10.1 Å². The third-order valence-electron chi connectivity index (χ3n) is 5.52. The van der Waals surface area contributed by atoms with Crippen molar-refractivity contribution < 1.29 is 17.9 Å². The van der Waals surface area contributed by atoms with Crippen molar-refractivity contribution in [2.75, 3.05) is 24.0 Å². The van der Waals surface area contributed by atoms with E-state index >= 15 is 0 Å². The molecule has 0 spiro atoms. The van der Waals surface area contributed by atoms with Crippen LogP contribution in [-0.2, 0) is 14.8 Å². The van der Waals surface area contributed by atoms with Crippen LogP contribution in [0.15, 0.2) is 96.4 Å². The van der Waals surface area contributed by atoms with Gasteiger partial charge in [-0.15, -0.1) is 6.58 Å². The average molecular weight is 475 g/mol. The number of fused-ring (bicyclic) bond motifs is 1. The average Bonchev–Trinajstić information content (AvgIpc) is 2.84. The second-order valence-corrected chi connectivity index (χ2v) is 9.58. The Labute approximate surface area is 200 Å². The molecule has 0 radical (unpaired) electrons. The molecule has 3 aromatic rings. The fraction of sp³-hybridized carbons (Fsp3) is 0.148. The summed E-state index contributed by atoms with van der Waals surface area (Å²) in [4.78, 5) is 13.1. The maximum Gasteiger partial charge on any atom is 0.270 e. The molecule has 0 unspecified atom stereocenters. The highest BCUT2D eigenvalue weighted by atomic mass is 32.2. The molecule has 1 N–H and O–H groups in total. The summed E-state index contributed by atoms with van der Waals surface area (Å²) in [5, 5.41) is 2.74. The molecular weight excluding hydrogens is 448 g/mol. The number of amides is 1. The quantitative estimate of drug-likeness (QED) is 0.391. The number of nitrogens with one attached hydrogen (secondary N) is 1. The summed E-state index contributed by atoms with van der Waals surface area (Å²) in [5.74, 6) is 0.0492. The maximum atomic E-state index is 13.7. The van der Waals surface area contributed by atoms with Gasteiger partial charge in [0.05, 0.1) is 18.8 Å². The zero-order valence-electron chi connectivity index (χ0n) is 18.9. The van der Waals surface area contributed by atoms with Crippen molar-refractivity contribution >= 4 is 27.2 Å². The molecule has 0 aromatic heterocycles. The smallest absolute Gasteiger partial charge is 0.270 e. The molecule has 0 aliphatic carbocycles. The maximum absolute atomic E-state index is 13.7. The number of rotatable bonds is 8. The number of anilines is 1. The second-order valence-electron chi connectivity index (χ2n) is 7.78. The Kier molecular flexibility index (Phi) is 6.84. The van der Waals surface area contributed by atoms with Crippen LogP contribution >= 0.6 is 0 Å². The first-order chi connectivity index (χ1) is 16.4. The van der Waals surface area contributed by atoms with Crippen LogP contribution in [0.3, 0.4) is 0 Å². The minimum atomic E-state index is -4.14. The lowest BCUT2D eigenvalue weighted by molar-refractivity contribution is -0.116. The van der Waals surface area contributed by atoms with Crippen LogP contribution in [0.25, 0.3) is 5.57 Å². The Morgan fingerprint density at radius 2 is 1.68 bits per heavy atom. The van der Waals surface area contributed by atoms with E-state index in [4.69, 9.17) is 4.74 Å². The number of ether oxygens (including phenoxy) is 1. The largest absolute Gasteiger partial charge is 0.491 e. The van der Waals surface area contributed by atoms with Gasteiger partial charge in [-0.1, -0.05) is 72.8 Å². The number of carbonyl (C=O) groups is 1. The highest BCUT2D eigenvalue weighted by Crippen LogP contribution is 2.42. The van der Waals surface area contributed by atoms with Crippen LogP contribution in [0.2, 0.25) is 0 Å². The molecule has 6 nitrogen and oxygen atoms in total. The predicted molar refractivity (Wildman–Crippen MR) is 135 cm³/mol. The van der Waals surface area contributed by atoms with Gasteiger partial charge >= 0.3 is 0 Å². The highest BCUT2D eigenvalue weighted by molar-refractivity contribution is 7.97. The van der Waals surface area contributed by atoms with Crippen LogP contribution in [0.5, 0.6) is 5.75 Å². The molecule has 0 bridgehead atoms. The Morgan fingerprint density at radius 3 is 2.41 bits per heavy atom. The van der Waals surface area contributed by atoms with Crippen LogP contribution in [0.4, 0.5) is 5.69 Å². The number of hydrogen-bond donors (Lipinski definition) is 1. The van der Waals surface area contributed by atoms with E-state index in [-0.39, 0.29) is 24.6 Å². The first-order valence-corrected chi connectivity index (χ1v) is 12.4. The van der Waals surface area contributed by atoms with Gasteiger partial charge in [-0.05, 0) is 30.2 Å². The van der Waals surface area contributed by atoms with Crippen molar-refractivity contribution in [3.05, 3.63) is 113 Å². The van der Waals surface area contributed by atoms with E-state index in [0.717, 1.165) is 11.3 Å². The van der Waals surface area contributed by atoms with Crippen molar-refractivity contribution in [2.45, 2.75) is 6.92 Å². The van der Waals surface area contributed by atoms with Crippen molar-refractivity contribution in [2.24, 2.45) is 0 Å². The Balaban J connectivity index is 1.71. The first kappa shape index (κ1) is 23.3. The highest BCUT2D eigenvalue weighted by Gasteiger charge is 2.40. The number of hydrogen-bond acceptors (Lipinski definition) is 4. The van der Waals surface area contributed by atoms with E-state index < -0.39 is 15.9 Å². The van der Waals surface area contributed by atoms with Crippen LogP contribution < -0.4 is 14.4 Å². The zero-order valence-corrected chi connectivity index (χ0v) is 19.7. The third kappa shape index (κ3) is 4.47. The van der Waals surface area contributed by atoms with Gasteiger partial charge in [0, 0.05) is 11.1 Å². The molecule has 4 rings (SSSR count). The van der Waals surface area contributed by atoms with Crippen molar-refractivity contribution in [1.29, 1.82) is 0 Å². The number of benzene rings is 3. The van der Waals surface area contributed by atoms with Gasteiger partial charge in [-0.25, -0.2) is 8.42 Å². The third-order valence-corrected chi connectivity index (χ3v) is 7.35. The Hall–Kier alpha value is -3.84. The Bertz CT molecular complexity index is 1350. The van der Waals surface area contributed by atoms with Crippen LogP contribution in [0, 0.1) is 6.92 Å². The summed E-state index contributed by atoms with van der Waals surface area (Å²) in [6, 6.07) is 23.9. The summed E-state index contributed by atoms with van der Waals surface area (Å²) >= 11 is 0. The van der Waals surface area contributed by atoms with Gasteiger partial charge in [0.1, 0.15) is 12.4 Å².